The number of anilines is 2. The molecule has 0 atom stereocenters. The SMILES string of the molecule is CC(C)c1ccccc1NC(=O)C1CCN(C(=O)Nc2cccs2)CC1. The monoisotopic (exact) mass is 371 g/mol. The number of urea groups is 1. The summed E-state index contributed by atoms with van der Waals surface area (Å²) in [6.07, 6.45) is 1.38. The van der Waals surface area contributed by atoms with E-state index in [0.717, 1.165) is 16.3 Å². The molecule has 3 rings (SSSR count). The number of thiophene rings is 1. The molecule has 1 aromatic heterocycles. The highest BCUT2D eigenvalue weighted by molar-refractivity contribution is 7.14. The second kappa shape index (κ2) is 8.36. The average molecular weight is 372 g/mol. The normalized spacial score (nSPS) is 15.1. The van der Waals surface area contributed by atoms with Crippen LogP contribution in [0.2, 0.25) is 0 Å². The quantitative estimate of drug-likeness (QED) is 0.814. The van der Waals surface area contributed by atoms with Gasteiger partial charge in [-0.3, -0.25) is 10.1 Å². The highest BCUT2D eigenvalue weighted by Crippen LogP contribution is 2.26. The molecular weight excluding hydrogens is 346 g/mol. The number of carbonyl (C=O) groups is 2. The van der Waals surface area contributed by atoms with Crippen LogP contribution >= 0.6 is 11.3 Å². The zero-order chi connectivity index (χ0) is 18.5. The third-order valence-corrected chi connectivity index (χ3v) is 5.53. The van der Waals surface area contributed by atoms with E-state index in [0.29, 0.717) is 31.8 Å². The van der Waals surface area contributed by atoms with Crippen molar-refractivity contribution in [1.29, 1.82) is 0 Å². The Bertz CT molecular complexity index is 750. The van der Waals surface area contributed by atoms with Crippen LogP contribution in [0.3, 0.4) is 0 Å². The van der Waals surface area contributed by atoms with Crippen molar-refractivity contribution in [2.75, 3.05) is 23.7 Å². The van der Waals surface area contributed by atoms with Crippen LogP contribution < -0.4 is 10.6 Å². The van der Waals surface area contributed by atoms with Crippen LogP contribution in [0.15, 0.2) is 41.8 Å². The minimum atomic E-state index is -0.0866. The zero-order valence-corrected chi connectivity index (χ0v) is 16.0. The summed E-state index contributed by atoms with van der Waals surface area (Å²) in [6, 6.07) is 11.7. The molecule has 26 heavy (non-hydrogen) atoms. The molecule has 1 aromatic carbocycles. The van der Waals surface area contributed by atoms with Gasteiger partial charge in [0.25, 0.3) is 0 Å². The molecule has 1 saturated heterocycles. The van der Waals surface area contributed by atoms with Crippen LogP contribution in [-0.2, 0) is 4.79 Å². The largest absolute Gasteiger partial charge is 0.326 e. The van der Waals surface area contributed by atoms with E-state index in [2.05, 4.69) is 30.5 Å². The Morgan fingerprint density at radius 3 is 2.46 bits per heavy atom. The molecule has 0 spiro atoms. The van der Waals surface area contributed by atoms with E-state index in [1.54, 1.807) is 4.90 Å². The fourth-order valence-electron chi connectivity index (χ4n) is 3.23. The lowest BCUT2D eigenvalue weighted by molar-refractivity contribution is -0.121. The maximum Gasteiger partial charge on any atom is 0.322 e. The van der Waals surface area contributed by atoms with Crippen molar-refractivity contribution in [2.24, 2.45) is 5.92 Å². The molecule has 0 radical (unpaired) electrons. The standard InChI is InChI=1S/C20H25N3O2S/c1-14(2)16-6-3-4-7-17(16)21-19(24)15-9-11-23(12-10-15)20(25)22-18-8-5-13-26-18/h3-8,13-15H,9-12H2,1-2H3,(H,21,24)(H,22,25). The number of rotatable bonds is 4. The first-order chi connectivity index (χ1) is 12.5. The average Bonchev–Trinajstić information content (AvgIpc) is 3.15. The van der Waals surface area contributed by atoms with Crippen LogP contribution in [0.5, 0.6) is 0 Å². The van der Waals surface area contributed by atoms with Crippen molar-refractivity contribution >= 4 is 34.0 Å². The minimum absolute atomic E-state index is 0.0522. The molecule has 2 heterocycles. The van der Waals surface area contributed by atoms with Gasteiger partial charge in [0.15, 0.2) is 0 Å². The van der Waals surface area contributed by atoms with E-state index < -0.39 is 0 Å². The van der Waals surface area contributed by atoms with Gasteiger partial charge in [-0.25, -0.2) is 4.79 Å². The van der Waals surface area contributed by atoms with E-state index in [-0.39, 0.29) is 17.9 Å². The fraction of sp³-hybridized carbons (Fsp3) is 0.400. The number of benzene rings is 1. The highest BCUT2D eigenvalue weighted by atomic mass is 32.1. The first kappa shape index (κ1) is 18.5. The van der Waals surface area contributed by atoms with Crippen molar-refractivity contribution in [3.63, 3.8) is 0 Å². The molecule has 2 aromatic rings. The molecule has 3 amide bonds. The van der Waals surface area contributed by atoms with E-state index in [4.69, 9.17) is 0 Å². The lowest BCUT2D eigenvalue weighted by Crippen LogP contribution is -2.43. The van der Waals surface area contributed by atoms with Gasteiger partial charge in [0.2, 0.25) is 5.91 Å². The molecule has 5 nitrogen and oxygen atoms in total. The third-order valence-electron chi connectivity index (χ3n) is 4.74. The number of likely N-dealkylation sites (tertiary alicyclic amines) is 1. The molecule has 6 heteroatoms. The fourth-order valence-corrected chi connectivity index (χ4v) is 3.84. The number of piperidine rings is 1. The van der Waals surface area contributed by atoms with Crippen LogP contribution in [-0.4, -0.2) is 29.9 Å². The Balaban J connectivity index is 1.53. The maximum absolute atomic E-state index is 12.6. The predicted molar refractivity (Wildman–Crippen MR) is 107 cm³/mol. The molecule has 1 aliphatic rings. The van der Waals surface area contributed by atoms with Gasteiger partial charge < -0.3 is 10.2 Å². The van der Waals surface area contributed by atoms with Crippen molar-refractivity contribution in [1.82, 2.24) is 4.90 Å². The van der Waals surface area contributed by atoms with Gasteiger partial charge >= 0.3 is 6.03 Å². The summed E-state index contributed by atoms with van der Waals surface area (Å²) < 4.78 is 0. The molecule has 0 bridgehead atoms. The summed E-state index contributed by atoms with van der Waals surface area (Å²) in [4.78, 5) is 26.7. The number of nitrogens with zero attached hydrogens (tertiary/aromatic N) is 1. The number of para-hydroxylation sites is 1. The summed E-state index contributed by atoms with van der Waals surface area (Å²) in [5.74, 6) is 0.353. The molecule has 0 unspecified atom stereocenters. The number of amides is 3. The van der Waals surface area contributed by atoms with Crippen LogP contribution in [0.4, 0.5) is 15.5 Å². The van der Waals surface area contributed by atoms with Crippen molar-refractivity contribution in [3.8, 4) is 0 Å². The highest BCUT2D eigenvalue weighted by Gasteiger charge is 2.28. The molecule has 1 fully saturated rings. The first-order valence-corrected chi connectivity index (χ1v) is 9.92. The Morgan fingerprint density at radius 2 is 1.81 bits per heavy atom. The number of hydrogen-bond acceptors (Lipinski definition) is 3. The Hall–Kier alpha value is -2.34. The van der Waals surface area contributed by atoms with Crippen molar-refractivity contribution in [2.45, 2.75) is 32.6 Å². The van der Waals surface area contributed by atoms with Crippen LogP contribution in [0.25, 0.3) is 0 Å². The Labute approximate surface area is 158 Å². The van der Waals surface area contributed by atoms with Gasteiger partial charge in [0, 0.05) is 24.7 Å². The van der Waals surface area contributed by atoms with Gasteiger partial charge in [-0.2, -0.15) is 0 Å². The zero-order valence-electron chi connectivity index (χ0n) is 15.2. The molecule has 0 saturated carbocycles. The van der Waals surface area contributed by atoms with Crippen LogP contribution in [0.1, 0.15) is 38.2 Å². The third kappa shape index (κ3) is 4.43. The van der Waals surface area contributed by atoms with E-state index in [9.17, 15) is 9.59 Å². The second-order valence-electron chi connectivity index (χ2n) is 6.90. The summed E-state index contributed by atoms with van der Waals surface area (Å²) in [5.41, 5.74) is 2.04. The Kier molecular flexibility index (Phi) is 5.93. The van der Waals surface area contributed by atoms with Gasteiger partial charge in [0.05, 0.1) is 5.00 Å². The first-order valence-electron chi connectivity index (χ1n) is 9.04. The molecule has 1 aliphatic heterocycles. The van der Waals surface area contributed by atoms with Gasteiger partial charge in [-0.05, 0) is 47.9 Å². The molecular formula is C20H25N3O2S. The number of hydrogen-bond donors (Lipinski definition) is 2. The van der Waals surface area contributed by atoms with Crippen molar-refractivity contribution < 1.29 is 9.59 Å². The smallest absolute Gasteiger partial charge is 0.322 e. The topological polar surface area (TPSA) is 61.4 Å². The summed E-state index contributed by atoms with van der Waals surface area (Å²) in [5, 5.41) is 8.77. The predicted octanol–water partition coefficient (Wildman–Crippen LogP) is 4.75. The number of carbonyl (C=O) groups excluding carboxylic acids is 2. The molecule has 138 valence electrons. The van der Waals surface area contributed by atoms with Crippen LogP contribution in [0, 0.1) is 5.92 Å². The van der Waals surface area contributed by atoms with E-state index in [1.165, 1.54) is 11.3 Å². The van der Waals surface area contributed by atoms with Gasteiger partial charge in [-0.15, -0.1) is 11.3 Å². The maximum atomic E-state index is 12.6. The lowest BCUT2D eigenvalue weighted by Gasteiger charge is -2.31. The van der Waals surface area contributed by atoms with E-state index in [1.807, 2.05) is 35.7 Å². The number of nitrogens with one attached hydrogen (secondary N) is 2. The van der Waals surface area contributed by atoms with Gasteiger partial charge in [0.1, 0.15) is 0 Å². The lowest BCUT2D eigenvalue weighted by atomic mass is 9.95. The summed E-state index contributed by atoms with van der Waals surface area (Å²) in [7, 11) is 0. The second-order valence-corrected chi connectivity index (χ2v) is 7.85. The summed E-state index contributed by atoms with van der Waals surface area (Å²) in [6.45, 7) is 5.44. The molecule has 0 aliphatic carbocycles. The minimum Gasteiger partial charge on any atom is -0.326 e. The molecule has 2 N–H and O–H groups in total. The van der Waals surface area contributed by atoms with E-state index >= 15 is 0 Å². The Morgan fingerprint density at radius 1 is 1.08 bits per heavy atom. The van der Waals surface area contributed by atoms with Crippen molar-refractivity contribution in [3.05, 3.63) is 47.3 Å². The van der Waals surface area contributed by atoms with Gasteiger partial charge in [-0.1, -0.05) is 32.0 Å². The summed E-state index contributed by atoms with van der Waals surface area (Å²) >= 11 is 1.50.